The molecule has 2 N–H and O–H groups in total. The lowest BCUT2D eigenvalue weighted by Gasteiger charge is -2.32. The molecule has 1 heterocycles. The number of aliphatic hydroxyl groups is 1. The van der Waals surface area contributed by atoms with Crippen molar-refractivity contribution in [1.29, 1.82) is 0 Å². The zero-order valence-electron chi connectivity index (χ0n) is 20.7. The van der Waals surface area contributed by atoms with Crippen molar-refractivity contribution < 1.29 is 19.4 Å². The highest BCUT2D eigenvalue weighted by molar-refractivity contribution is 5.95. The van der Waals surface area contributed by atoms with Gasteiger partial charge >= 0.3 is 6.09 Å². The van der Waals surface area contributed by atoms with Crippen LogP contribution in [0.2, 0.25) is 0 Å². The maximum Gasteiger partial charge on any atom is 0.407 e. The average molecular weight is 491 g/mol. The molecule has 1 aliphatic heterocycles. The molecule has 1 atom stereocenters. The number of benzene rings is 2. The molecule has 1 saturated heterocycles. The highest BCUT2D eigenvalue weighted by Gasteiger charge is 2.27. The Morgan fingerprint density at radius 3 is 2.00 bits per heavy atom. The van der Waals surface area contributed by atoms with Gasteiger partial charge in [-0.3, -0.25) is 4.79 Å². The van der Waals surface area contributed by atoms with E-state index >= 15 is 0 Å². The third-order valence-electron chi connectivity index (χ3n) is 6.34. The van der Waals surface area contributed by atoms with Gasteiger partial charge in [0.15, 0.2) is 0 Å². The zero-order chi connectivity index (χ0) is 25.0. The van der Waals surface area contributed by atoms with E-state index in [1.165, 1.54) is 33.4 Å². The zero-order valence-corrected chi connectivity index (χ0v) is 20.7. The molecule has 0 unspecified atom stereocenters. The maximum absolute atomic E-state index is 13.0. The molecule has 0 radical (unpaired) electrons. The van der Waals surface area contributed by atoms with Gasteiger partial charge in [0.25, 0.3) is 0 Å². The Morgan fingerprint density at radius 1 is 0.972 bits per heavy atom. The lowest BCUT2D eigenvalue weighted by molar-refractivity contribution is -0.132. The molecular formula is C30H38N2O4. The minimum absolute atomic E-state index is 0. The van der Waals surface area contributed by atoms with Crippen molar-refractivity contribution >= 4 is 29.7 Å². The number of carbonyl (C=O) groups excluding carboxylic acids is 2. The van der Waals surface area contributed by atoms with Gasteiger partial charge in [0, 0.05) is 19.5 Å². The molecule has 0 bridgehead atoms. The molecule has 192 valence electrons. The number of carbonyl (C=O) groups is 2. The number of likely N-dealkylation sites (tertiary alicyclic amines) is 1. The van der Waals surface area contributed by atoms with Crippen LogP contribution in [0.5, 0.6) is 0 Å². The van der Waals surface area contributed by atoms with Crippen LogP contribution in [0.25, 0.3) is 17.7 Å². The van der Waals surface area contributed by atoms with E-state index in [0.717, 1.165) is 12.8 Å². The van der Waals surface area contributed by atoms with Crippen molar-refractivity contribution in [1.82, 2.24) is 10.2 Å². The minimum Gasteiger partial charge on any atom is -0.444 e. The third-order valence-corrected chi connectivity index (χ3v) is 6.34. The molecule has 0 saturated carbocycles. The minimum atomic E-state index is -0.677. The fourth-order valence-corrected chi connectivity index (χ4v) is 4.70. The summed E-state index contributed by atoms with van der Waals surface area (Å²) in [5, 5.41) is 12.3. The standard InChI is InChI=1S/C29H34N2O4.CH4/c1-29(2,3)35-28(34)30-23(19-32)18-26(33)31-16-14-22(15-17-31)27-24-10-6-4-8-20(24)12-13-21-9-5-7-11-25(21)27;/h4-13,23,32H,14-19H2,1-3H3,(H,30,34);1H4/t23-;/m1./s1. The third kappa shape index (κ3) is 6.43. The molecule has 1 aliphatic carbocycles. The molecule has 6 nitrogen and oxygen atoms in total. The van der Waals surface area contributed by atoms with Crippen LogP contribution < -0.4 is 5.32 Å². The van der Waals surface area contributed by atoms with E-state index < -0.39 is 17.7 Å². The lowest BCUT2D eigenvalue weighted by atomic mass is 9.86. The second kappa shape index (κ2) is 11.6. The lowest BCUT2D eigenvalue weighted by Crippen LogP contribution is -2.45. The summed E-state index contributed by atoms with van der Waals surface area (Å²) >= 11 is 0. The van der Waals surface area contributed by atoms with Gasteiger partial charge in [-0.15, -0.1) is 0 Å². The van der Waals surface area contributed by atoms with Crippen molar-refractivity contribution in [2.75, 3.05) is 19.7 Å². The highest BCUT2D eigenvalue weighted by Crippen LogP contribution is 2.38. The summed E-state index contributed by atoms with van der Waals surface area (Å²) in [7, 11) is 0. The Morgan fingerprint density at radius 2 is 1.50 bits per heavy atom. The number of amides is 2. The summed E-state index contributed by atoms with van der Waals surface area (Å²) in [6.45, 7) is 6.21. The molecule has 0 spiro atoms. The van der Waals surface area contributed by atoms with Crippen molar-refractivity contribution in [3.63, 3.8) is 0 Å². The summed E-state index contributed by atoms with van der Waals surface area (Å²) in [5.74, 6) is -0.0764. The molecule has 4 rings (SSSR count). The fraction of sp³-hybridized carbons (Fsp3) is 0.400. The summed E-state index contributed by atoms with van der Waals surface area (Å²) in [6.07, 6.45) is 5.33. The highest BCUT2D eigenvalue weighted by atomic mass is 16.6. The number of hydrogen-bond donors (Lipinski definition) is 2. The Labute approximate surface area is 214 Å². The molecule has 2 aromatic carbocycles. The summed E-state index contributed by atoms with van der Waals surface area (Å²) in [6, 6.07) is 16.2. The van der Waals surface area contributed by atoms with Crippen molar-refractivity contribution in [3.05, 3.63) is 76.4 Å². The number of ether oxygens (including phenoxy) is 1. The van der Waals surface area contributed by atoms with Crippen molar-refractivity contribution in [2.45, 2.75) is 59.1 Å². The number of aliphatic hydroxyl groups excluding tert-OH is 1. The predicted molar refractivity (Wildman–Crippen MR) is 145 cm³/mol. The first-order valence-electron chi connectivity index (χ1n) is 12.2. The first-order chi connectivity index (χ1) is 16.7. The van der Waals surface area contributed by atoms with Gasteiger partial charge in [0.2, 0.25) is 5.91 Å². The van der Waals surface area contributed by atoms with Gasteiger partial charge in [0.05, 0.1) is 12.6 Å². The van der Waals surface area contributed by atoms with Gasteiger partial charge < -0.3 is 20.1 Å². The Balaban J connectivity index is 0.00000361. The number of piperidine rings is 1. The van der Waals surface area contributed by atoms with E-state index in [1.807, 2.05) is 4.90 Å². The van der Waals surface area contributed by atoms with Crippen LogP contribution in [0, 0.1) is 0 Å². The van der Waals surface area contributed by atoms with Gasteiger partial charge in [-0.05, 0) is 61.4 Å². The van der Waals surface area contributed by atoms with E-state index in [0.29, 0.717) is 13.1 Å². The van der Waals surface area contributed by atoms with E-state index in [1.54, 1.807) is 20.8 Å². The Bertz CT molecular complexity index is 1100. The largest absolute Gasteiger partial charge is 0.444 e. The second-order valence-corrected chi connectivity index (χ2v) is 10.1. The van der Waals surface area contributed by atoms with Crippen LogP contribution in [0.1, 0.15) is 69.7 Å². The normalized spacial score (nSPS) is 15.7. The number of alkyl carbamates (subject to hydrolysis) is 1. The van der Waals surface area contributed by atoms with Crippen LogP contribution in [-0.2, 0) is 9.53 Å². The van der Waals surface area contributed by atoms with Gasteiger partial charge in [-0.2, -0.15) is 0 Å². The summed E-state index contributed by atoms with van der Waals surface area (Å²) in [5.41, 5.74) is 6.83. The number of nitrogens with zero attached hydrogens (tertiary/aromatic N) is 1. The van der Waals surface area contributed by atoms with E-state index in [-0.39, 0.29) is 26.4 Å². The van der Waals surface area contributed by atoms with E-state index in [2.05, 4.69) is 66.0 Å². The molecule has 2 amide bonds. The van der Waals surface area contributed by atoms with Crippen molar-refractivity contribution in [2.24, 2.45) is 0 Å². The molecule has 2 aliphatic rings. The van der Waals surface area contributed by atoms with Gasteiger partial charge in [0.1, 0.15) is 5.60 Å². The molecule has 0 aromatic heterocycles. The SMILES string of the molecule is C.CC(C)(C)OC(=O)N[C@@H](CO)CC(=O)N1CCC(=C2c3ccccc3C=Cc3ccccc32)CC1. The quantitative estimate of drug-likeness (QED) is 0.506. The number of hydrogen-bond acceptors (Lipinski definition) is 4. The van der Waals surface area contributed by atoms with Crippen LogP contribution >= 0.6 is 0 Å². The topological polar surface area (TPSA) is 78.9 Å². The number of nitrogens with one attached hydrogen (secondary N) is 1. The van der Waals surface area contributed by atoms with Crippen LogP contribution in [-0.4, -0.2) is 53.3 Å². The monoisotopic (exact) mass is 490 g/mol. The molecule has 6 heteroatoms. The maximum atomic E-state index is 13.0. The van der Waals surface area contributed by atoms with Crippen LogP contribution in [0.4, 0.5) is 4.79 Å². The first kappa shape index (κ1) is 27.2. The average Bonchev–Trinajstić information content (AvgIpc) is 2.99. The van der Waals surface area contributed by atoms with Crippen molar-refractivity contribution in [3.8, 4) is 0 Å². The van der Waals surface area contributed by atoms with Crippen LogP contribution in [0.3, 0.4) is 0 Å². The second-order valence-electron chi connectivity index (χ2n) is 10.1. The van der Waals surface area contributed by atoms with Gasteiger partial charge in [-0.1, -0.05) is 73.7 Å². The number of rotatable bonds is 4. The fourth-order valence-electron chi connectivity index (χ4n) is 4.70. The number of fused-ring (bicyclic) bond motifs is 2. The molecule has 2 aromatic rings. The summed E-state index contributed by atoms with van der Waals surface area (Å²) in [4.78, 5) is 26.8. The van der Waals surface area contributed by atoms with E-state index in [4.69, 9.17) is 4.74 Å². The molecule has 1 fully saturated rings. The Kier molecular flexibility index (Phi) is 8.75. The molecular weight excluding hydrogens is 452 g/mol. The first-order valence-corrected chi connectivity index (χ1v) is 12.2. The predicted octanol–water partition coefficient (Wildman–Crippen LogP) is 5.51. The Hall–Kier alpha value is -3.38. The van der Waals surface area contributed by atoms with E-state index in [9.17, 15) is 14.7 Å². The van der Waals surface area contributed by atoms with Gasteiger partial charge in [-0.25, -0.2) is 4.79 Å². The summed E-state index contributed by atoms with van der Waals surface area (Å²) < 4.78 is 5.25. The molecule has 36 heavy (non-hydrogen) atoms. The van der Waals surface area contributed by atoms with Crippen LogP contribution in [0.15, 0.2) is 54.1 Å². The smallest absolute Gasteiger partial charge is 0.407 e.